The number of hydrogen-bond acceptors (Lipinski definition) is 6. The molecular formula is C26H41N3O6. The van der Waals surface area contributed by atoms with Crippen LogP contribution in [-0.2, 0) is 14.3 Å². The highest BCUT2D eigenvalue weighted by Gasteiger charge is 2.38. The van der Waals surface area contributed by atoms with Gasteiger partial charge in [-0.05, 0) is 77.6 Å². The minimum Gasteiger partial charge on any atom is -0.508 e. The zero-order chi connectivity index (χ0) is 26.3. The molecule has 35 heavy (non-hydrogen) atoms. The number of ether oxygens (including phenoxy) is 1. The number of benzene rings is 1. The van der Waals surface area contributed by atoms with E-state index in [0.29, 0.717) is 11.1 Å². The van der Waals surface area contributed by atoms with Gasteiger partial charge < -0.3 is 30.5 Å². The quantitative estimate of drug-likeness (QED) is 0.442. The van der Waals surface area contributed by atoms with Gasteiger partial charge in [-0.3, -0.25) is 9.59 Å². The fourth-order valence-corrected chi connectivity index (χ4v) is 4.31. The van der Waals surface area contributed by atoms with E-state index >= 15 is 0 Å². The average Bonchev–Trinajstić information content (AvgIpc) is 2.76. The number of aromatic hydroxyl groups is 1. The minimum absolute atomic E-state index is 0.0228. The third-order valence-electron chi connectivity index (χ3n) is 6.00. The highest BCUT2D eigenvalue weighted by atomic mass is 16.6. The van der Waals surface area contributed by atoms with Crippen molar-refractivity contribution in [1.29, 1.82) is 0 Å². The summed E-state index contributed by atoms with van der Waals surface area (Å²) >= 11 is 0. The fourth-order valence-electron chi connectivity index (χ4n) is 4.31. The number of amides is 3. The summed E-state index contributed by atoms with van der Waals surface area (Å²) in [6, 6.07) is 2.07. The first kappa shape index (κ1) is 28.4. The predicted molar refractivity (Wildman–Crippen MR) is 133 cm³/mol. The molecule has 1 saturated carbocycles. The standard InChI is InChI=1S/C26H41N3O6/c1-16(2)29(24(33)20(15-30)28-25(34)35-26(4,5)6)22(18-12-13-21(31)17(3)14-18)23(32)27-19-10-8-7-9-11-19/h12-14,16,19-20,22,30-31H,7-11,15H2,1-6H3,(H,27,32)(H,28,34). The lowest BCUT2D eigenvalue weighted by atomic mass is 9.94. The molecule has 9 heteroatoms. The minimum atomic E-state index is -1.30. The number of rotatable bonds is 8. The Balaban J connectivity index is 2.41. The van der Waals surface area contributed by atoms with Gasteiger partial charge in [-0.2, -0.15) is 0 Å². The van der Waals surface area contributed by atoms with Crippen LogP contribution in [0.1, 0.15) is 83.9 Å². The van der Waals surface area contributed by atoms with Gasteiger partial charge >= 0.3 is 6.09 Å². The Morgan fingerprint density at radius 1 is 1.14 bits per heavy atom. The van der Waals surface area contributed by atoms with Crippen LogP contribution >= 0.6 is 0 Å². The number of carbonyl (C=O) groups is 3. The molecule has 4 N–H and O–H groups in total. The molecule has 2 atom stereocenters. The van der Waals surface area contributed by atoms with Crippen LogP contribution in [0.4, 0.5) is 4.79 Å². The van der Waals surface area contributed by atoms with Gasteiger partial charge in [0.2, 0.25) is 11.8 Å². The van der Waals surface area contributed by atoms with Crippen molar-refractivity contribution in [1.82, 2.24) is 15.5 Å². The smallest absolute Gasteiger partial charge is 0.408 e. The van der Waals surface area contributed by atoms with Crippen molar-refractivity contribution in [2.24, 2.45) is 0 Å². The SMILES string of the molecule is Cc1cc(C(C(=O)NC2CCCCC2)N(C(=O)C(CO)NC(=O)OC(C)(C)C)C(C)C)ccc1O. The lowest BCUT2D eigenvalue weighted by Gasteiger charge is -2.38. The summed E-state index contributed by atoms with van der Waals surface area (Å²) in [4.78, 5) is 41.0. The van der Waals surface area contributed by atoms with Crippen LogP contribution in [-0.4, -0.2) is 63.4 Å². The lowest BCUT2D eigenvalue weighted by molar-refractivity contribution is -0.145. The molecule has 2 rings (SSSR count). The number of aryl methyl sites for hydroxylation is 1. The molecule has 0 heterocycles. The van der Waals surface area contributed by atoms with E-state index in [1.54, 1.807) is 53.7 Å². The summed E-state index contributed by atoms with van der Waals surface area (Å²) in [6.07, 6.45) is 4.13. The second kappa shape index (κ2) is 12.2. The van der Waals surface area contributed by atoms with Crippen molar-refractivity contribution in [3.05, 3.63) is 29.3 Å². The van der Waals surface area contributed by atoms with E-state index in [9.17, 15) is 24.6 Å². The Hall–Kier alpha value is -2.81. The molecule has 2 unspecified atom stereocenters. The van der Waals surface area contributed by atoms with Crippen molar-refractivity contribution in [3.63, 3.8) is 0 Å². The molecule has 9 nitrogen and oxygen atoms in total. The zero-order valence-electron chi connectivity index (χ0n) is 21.8. The van der Waals surface area contributed by atoms with E-state index in [2.05, 4.69) is 10.6 Å². The van der Waals surface area contributed by atoms with Gasteiger partial charge in [0.1, 0.15) is 23.4 Å². The molecule has 3 amide bonds. The Bertz CT molecular complexity index is 890. The number of aliphatic hydroxyl groups excluding tert-OH is 1. The molecule has 0 spiro atoms. The molecular weight excluding hydrogens is 450 g/mol. The number of hydrogen-bond donors (Lipinski definition) is 4. The average molecular weight is 492 g/mol. The molecule has 1 fully saturated rings. The van der Waals surface area contributed by atoms with Crippen LogP contribution in [0.2, 0.25) is 0 Å². The Morgan fingerprint density at radius 2 is 1.77 bits per heavy atom. The number of nitrogens with one attached hydrogen (secondary N) is 2. The lowest BCUT2D eigenvalue weighted by Crippen LogP contribution is -2.56. The molecule has 0 radical (unpaired) electrons. The summed E-state index contributed by atoms with van der Waals surface area (Å²) in [6.45, 7) is 9.69. The Labute approximate surface area is 208 Å². The van der Waals surface area contributed by atoms with Gasteiger partial charge in [0.15, 0.2) is 0 Å². The van der Waals surface area contributed by atoms with E-state index in [1.165, 1.54) is 11.0 Å². The molecule has 0 bridgehead atoms. The second-order valence-electron chi connectivity index (χ2n) is 10.5. The van der Waals surface area contributed by atoms with Crippen LogP contribution in [0.5, 0.6) is 5.75 Å². The molecule has 196 valence electrons. The normalized spacial score (nSPS) is 16.3. The second-order valence-corrected chi connectivity index (χ2v) is 10.5. The zero-order valence-corrected chi connectivity index (χ0v) is 21.8. The molecule has 0 aromatic heterocycles. The molecule has 1 aliphatic rings. The van der Waals surface area contributed by atoms with Crippen LogP contribution in [0.3, 0.4) is 0 Å². The summed E-state index contributed by atoms with van der Waals surface area (Å²) in [7, 11) is 0. The molecule has 0 aliphatic heterocycles. The van der Waals surface area contributed by atoms with Gasteiger partial charge in [-0.25, -0.2) is 4.79 Å². The topological polar surface area (TPSA) is 128 Å². The summed E-state index contributed by atoms with van der Waals surface area (Å²) in [5.41, 5.74) is 0.320. The molecule has 1 aromatic rings. The van der Waals surface area contributed by atoms with E-state index in [0.717, 1.165) is 32.1 Å². The van der Waals surface area contributed by atoms with Crippen molar-refractivity contribution in [3.8, 4) is 5.75 Å². The van der Waals surface area contributed by atoms with Crippen LogP contribution in [0.25, 0.3) is 0 Å². The molecule has 0 saturated heterocycles. The van der Waals surface area contributed by atoms with Crippen molar-refractivity contribution in [2.75, 3.05) is 6.61 Å². The number of nitrogens with zero attached hydrogens (tertiary/aromatic N) is 1. The third kappa shape index (κ3) is 8.13. The maximum Gasteiger partial charge on any atom is 0.408 e. The van der Waals surface area contributed by atoms with E-state index in [-0.39, 0.29) is 17.7 Å². The van der Waals surface area contributed by atoms with Gasteiger partial charge in [-0.15, -0.1) is 0 Å². The first-order chi connectivity index (χ1) is 16.3. The van der Waals surface area contributed by atoms with E-state index in [4.69, 9.17) is 4.74 Å². The van der Waals surface area contributed by atoms with Gasteiger partial charge in [-0.1, -0.05) is 25.3 Å². The largest absolute Gasteiger partial charge is 0.508 e. The number of aliphatic hydroxyl groups is 1. The maximum atomic E-state index is 13.6. The number of carbonyl (C=O) groups excluding carboxylic acids is 3. The van der Waals surface area contributed by atoms with Crippen molar-refractivity contribution < 1.29 is 29.3 Å². The highest BCUT2D eigenvalue weighted by molar-refractivity contribution is 5.92. The highest BCUT2D eigenvalue weighted by Crippen LogP contribution is 2.29. The van der Waals surface area contributed by atoms with Crippen LogP contribution in [0, 0.1) is 6.92 Å². The Kier molecular flexibility index (Phi) is 9.94. The number of phenolic OH excluding ortho intramolecular Hbond substituents is 1. The van der Waals surface area contributed by atoms with E-state index < -0.39 is 42.3 Å². The van der Waals surface area contributed by atoms with Crippen molar-refractivity contribution >= 4 is 17.9 Å². The molecule has 1 aliphatic carbocycles. The first-order valence-electron chi connectivity index (χ1n) is 12.4. The summed E-state index contributed by atoms with van der Waals surface area (Å²) in [5.74, 6) is -0.858. The third-order valence-corrected chi connectivity index (χ3v) is 6.00. The molecule has 1 aromatic carbocycles. The maximum absolute atomic E-state index is 13.6. The van der Waals surface area contributed by atoms with Crippen LogP contribution in [0.15, 0.2) is 18.2 Å². The van der Waals surface area contributed by atoms with Crippen LogP contribution < -0.4 is 10.6 Å². The summed E-state index contributed by atoms with van der Waals surface area (Å²) in [5, 5.41) is 25.5. The van der Waals surface area contributed by atoms with Gasteiger partial charge in [0.25, 0.3) is 0 Å². The predicted octanol–water partition coefficient (Wildman–Crippen LogP) is 3.31. The van der Waals surface area contributed by atoms with Gasteiger partial charge in [0, 0.05) is 12.1 Å². The monoisotopic (exact) mass is 491 g/mol. The number of alkyl carbamates (subject to hydrolysis) is 1. The Morgan fingerprint density at radius 3 is 2.29 bits per heavy atom. The van der Waals surface area contributed by atoms with Crippen molar-refractivity contribution in [2.45, 2.75) is 103 Å². The fraction of sp³-hybridized carbons (Fsp3) is 0.654. The van der Waals surface area contributed by atoms with E-state index in [1.807, 2.05) is 0 Å². The number of phenols is 1. The first-order valence-corrected chi connectivity index (χ1v) is 12.4. The van der Waals surface area contributed by atoms with Gasteiger partial charge in [0.05, 0.1) is 6.61 Å². The summed E-state index contributed by atoms with van der Waals surface area (Å²) < 4.78 is 5.24.